The quantitative estimate of drug-likeness (QED) is 0.246. The maximum Gasteiger partial charge on any atom is 0.264 e. The van der Waals surface area contributed by atoms with Gasteiger partial charge in [-0.05, 0) is 61.2 Å². The first kappa shape index (κ1) is 33.2. The van der Waals surface area contributed by atoms with Gasteiger partial charge in [0, 0.05) is 28.7 Å². The van der Waals surface area contributed by atoms with E-state index in [0.29, 0.717) is 22.2 Å². The fourth-order valence-electron chi connectivity index (χ4n) is 4.42. The summed E-state index contributed by atoms with van der Waals surface area (Å²) in [5.41, 5.74) is 1.42. The molecule has 11 heteroatoms. The van der Waals surface area contributed by atoms with Crippen LogP contribution in [0.3, 0.4) is 0 Å². The Morgan fingerprint density at radius 3 is 2.19 bits per heavy atom. The molecule has 0 fully saturated rings. The first-order valence-electron chi connectivity index (χ1n) is 13.6. The molecule has 42 heavy (non-hydrogen) atoms. The number of ether oxygens (including phenoxy) is 1. The number of carbonyl (C=O) groups is 2. The van der Waals surface area contributed by atoms with Gasteiger partial charge in [0.2, 0.25) is 11.8 Å². The van der Waals surface area contributed by atoms with Crippen LogP contribution < -0.4 is 14.4 Å². The Morgan fingerprint density at radius 1 is 0.976 bits per heavy atom. The number of hydrogen-bond donors (Lipinski definition) is 1. The molecule has 1 N–H and O–H groups in total. The van der Waals surface area contributed by atoms with Gasteiger partial charge in [-0.1, -0.05) is 74.3 Å². The van der Waals surface area contributed by atoms with Crippen LogP contribution in [-0.2, 0) is 26.2 Å². The Bertz CT molecular complexity index is 1480. The molecule has 2 amide bonds. The molecule has 0 spiro atoms. The van der Waals surface area contributed by atoms with Crippen LogP contribution in [0.25, 0.3) is 0 Å². The van der Waals surface area contributed by atoms with Gasteiger partial charge in [-0.2, -0.15) is 0 Å². The Hall–Kier alpha value is -3.27. The van der Waals surface area contributed by atoms with Crippen LogP contribution in [0, 0.1) is 12.8 Å². The zero-order valence-corrected chi connectivity index (χ0v) is 26.8. The molecular weight excluding hydrogens is 597 g/mol. The van der Waals surface area contributed by atoms with Crippen molar-refractivity contribution in [3.05, 3.63) is 87.9 Å². The summed E-state index contributed by atoms with van der Waals surface area (Å²) in [6.45, 7) is 7.25. The molecule has 0 radical (unpaired) electrons. The first-order valence-corrected chi connectivity index (χ1v) is 15.8. The third-order valence-corrected chi connectivity index (χ3v) is 9.16. The summed E-state index contributed by atoms with van der Waals surface area (Å²) in [5.74, 6) is -0.502. The maximum atomic E-state index is 14.3. The maximum absolute atomic E-state index is 14.3. The van der Waals surface area contributed by atoms with Crippen molar-refractivity contribution in [2.45, 2.75) is 51.6 Å². The van der Waals surface area contributed by atoms with Crippen molar-refractivity contribution in [3.63, 3.8) is 0 Å². The van der Waals surface area contributed by atoms with Gasteiger partial charge in [0.1, 0.15) is 18.3 Å². The highest BCUT2D eigenvalue weighted by atomic mass is 35.5. The summed E-state index contributed by atoms with van der Waals surface area (Å²) in [4.78, 5) is 29.0. The molecule has 226 valence electrons. The number of nitrogens with one attached hydrogen (secondary N) is 1. The van der Waals surface area contributed by atoms with E-state index in [0.717, 1.165) is 9.87 Å². The van der Waals surface area contributed by atoms with Gasteiger partial charge in [-0.3, -0.25) is 13.9 Å². The minimum absolute atomic E-state index is 0.00350. The number of nitrogens with zero attached hydrogens (tertiary/aromatic N) is 2. The topological polar surface area (TPSA) is 96.0 Å². The predicted molar refractivity (Wildman–Crippen MR) is 168 cm³/mol. The van der Waals surface area contributed by atoms with E-state index in [2.05, 4.69) is 5.32 Å². The summed E-state index contributed by atoms with van der Waals surface area (Å²) < 4.78 is 34.7. The van der Waals surface area contributed by atoms with E-state index in [1.54, 1.807) is 61.5 Å². The number of benzene rings is 3. The number of sulfonamides is 1. The van der Waals surface area contributed by atoms with Gasteiger partial charge < -0.3 is 15.0 Å². The van der Waals surface area contributed by atoms with E-state index in [1.165, 1.54) is 24.1 Å². The number of halogens is 2. The fourth-order valence-corrected chi connectivity index (χ4v) is 6.38. The number of anilines is 1. The second-order valence-corrected chi connectivity index (χ2v) is 13.0. The van der Waals surface area contributed by atoms with E-state index in [1.807, 2.05) is 20.8 Å². The van der Waals surface area contributed by atoms with E-state index in [4.69, 9.17) is 27.9 Å². The van der Waals surface area contributed by atoms with E-state index >= 15 is 0 Å². The van der Waals surface area contributed by atoms with Gasteiger partial charge >= 0.3 is 0 Å². The zero-order chi connectivity index (χ0) is 31.0. The minimum Gasteiger partial charge on any atom is -0.495 e. The monoisotopic (exact) mass is 633 g/mol. The van der Waals surface area contributed by atoms with E-state index in [9.17, 15) is 18.0 Å². The second-order valence-electron chi connectivity index (χ2n) is 10.3. The summed E-state index contributed by atoms with van der Waals surface area (Å²) >= 11 is 12.9. The Morgan fingerprint density at radius 2 is 1.62 bits per heavy atom. The van der Waals surface area contributed by atoms with Gasteiger partial charge in [0.05, 0.1) is 17.7 Å². The van der Waals surface area contributed by atoms with Crippen LogP contribution in [0.1, 0.15) is 38.3 Å². The van der Waals surface area contributed by atoms with Crippen LogP contribution >= 0.6 is 23.2 Å². The number of rotatable bonds is 13. The SMILES string of the molecule is CC[C@H](C(=O)NCC(C)C)N(Cc1c(Cl)cccc1Cl)C(=O)CN(c1cc(C)ccc1OC)S(=O)(=O)c1ccccc1. The van der Waals surface area contributed by atoms with Crippen LogP contribution in [-0.4, -0.2) is 51.4 Å². The van der Waals surface area contributed by atoms with Crippen LogP contribution in [0.5, 0.6) is 5.75 Å². The first-order chi connectivity index (χ1) is 19.9. The van der Waals surface area contributed by atoms with Crippen LogP contribution in [0.4, 0.5) is 5.69 Å². The molecular formula is C31H37Cl2N3O5S. The number of carbonyl (C=O) groups excluding carboxylic acids is 2. The summed E-state index contributed by atoms with van der Waals surface area (Å²) in [7, 11) is -2.81. The van der Waals surface area contributed by atoms with Crippen molar-refractivity contribution in [1.29, 1.82) is 0 Å². The van der Waals surface area contributed by atoms with Crippen LogP contribution in [0.2, 0.25) is 10.0 Å². The lowest BCUT2D eigenvalue weighted by atomic mass is 10.1. The van der Waals surface area contributed by atoms with Crippen molar-refractivity contribution >= 4 is 50.7 Å². The molecule has 0 heterocycles. The Labute approximate surface area is 258 Å². The lowest BCUT2D eigenvalue weighted by Gasteiger charge is -2.34. The normalized spacial score (nSPS) is 12.1. The average molecular weight is 635 g/mol. The lowest BCUT2D eigenvalue weighted by Crippen LogP contribution is -2.52. The van der Waals surface area contributed by atoms with Crippen molar-refractivity contribution in [2.75, 3.05) is 24.5 Å². The molecule has 0 aliphatic rings. The van der Waals surface area contributed by atoms with Crippen molar-refractivity contribution in [3.8, 4) is 5.75 Å². The van der Waals surface area contributed by atoms with E-state index in [-0.39, 0.29) is 41.1 Å². The third-order valence-electron chi connectivity index (χ3n) is 6.67. The van der Waals surface area contributed by atoms with Gasteiger partial charge in [0.15, 0.2) is 0 Å². The highest BCUT2D eigenvalue weighted by Gasteiger charge is 2.35. The lowest BCUT2D eigenvalue weighted by molar-refractivity contribution is -0.140. The average Bonchev–Trinajstić information content (AvgIpc) is 2.96. The summed E-state index contributed by atoms with van der Waals surface area (Å²) in [6.07, 6.45) is 0.275. The zero-order valence-electron chi connectivity index (χ0n) is 24.4. The Kier molecular flexibility index (Phi) is 11.7. The minimum atomic E-state index is -4.24. The third kappa shape index (κ3) is 7.96. The molecule has 1 atom stereocenters. The van der Waals surface area contributed by atoms with Crippen molar-refractivity contribution in [2.24, 2.45) is 5.92 Å². The van der Waals surface area contributed by atoms with Crippen molar-refractivity contribution in [1.82, 2.24) is 10.2 Å². The number of aryl methyl sites for hydroxylation is 1. The molecule has 0 bridgehead atoms. The molecule has 0 aromatic heterocycles. The Balaban J connectivity index is 2.14. The summed E-state index contributed by atoms with van der Waals surface area (Å²) in [5, 5.41) is 3.55. The predicted octanol–water partition coefficient (Wildman–Crippen LogP) is 6.09. The summed E-state index contributed by atoms with van der Waals surface area (Å²) in [6, 6.07) is 17.0. The smallest absolute Gasteiger partial charge is 0.264 e. The number of amides is 2. The van der Waals surface area contributed by atoms with Gasteiger partial charge in [0.25, 0.3) is 10.0 Å². The van der Waals surface area contributed by atoms with Crippen LogP contribution in [0.15, 0.2) is 71.6 Å². The van der Waals surface area contributed by atoms with Gasteiger partial charge in [-0.15, -0.1) is 0 Å². The molecule has 0 saturated heterocycles. The number of methoxy groups -OCH3 is 1. The standard InChI is InChI=1S/C31H37Cl2N3O5S/c1-6-27(31(38)34-18-21(2)3)35(19-24-25(32)13-10-14-26(24)33)30(37)20-36(28-17-22(4)15-16-29(28)41-5)42(39,40)23-11-8-7-9-12-23/h7-17,21,27H,6,18-20H2,1-5H3,(H,34,38)/t27-/m1/s1. The largest absolute Gasteiger partial charge is 0.495 e. The molecule has 3 aromatic carbocycles. The highest BCUT2D eigenvalue weighted by molar-refractivity contribution is 7.92. The highest BCUT2D eigenvalue weighted by Crippen LogP contribution is 2.34. The van der Waals surface area contributed by atoms with E-state index < -0.39 is 28.5 Å². The molecule has 0 saturated carbocycles. The second kappa shape index (κ2) is 14.8. The fraction of sp³-hybridized carbons (Fsp3) is 0.355. The molecule has 8 nitrogen and oxygen atoms in total. The van der Waals surface area contributed by atoms with Gasteiger partial charge in [-0.25, -0.2) is 8.42 Å². The molecule has 0 unspecified atom stereocenters. The molecule has 3 aromatic rings. The number of hydrogen-bond acceptors (Lipinski definition) is 5. The molecule has 0 aliphatic carbocycles. The van der Waals surface area contributed by atoms with Crippen molar-refractivity contribution < 1.29 is 22.7 Å². The molecule has 3 rings (SSSR count). The molecule has 0 aliphatic heterocycles.